The lowest BCUT2D eigenvalue weighted by atomic mass is 9.86. The number of anilines is 1. The lowest BCUT2D eigenvalue weighted by molar-refractivity contribution is -0.120. The summed E-state index contributed by atoms with van der Waals surface area (Å²) in [6, 6.07) is 5.22. The Labute approximate surface area is 146 Å². The van der Waals surface area contributed by atoms with Crippen molar-refractivity contribution in [1.29, 1.82) is 0 Å². The van der Waals surface area contributed by atoms with E-state index in [1.807, 2.05) is 0 Å². The predicted molar refractivity (Wildman–Crippen MR) is 96.6 cm³/mol. The quantitative estimate of drug-likeness (QED) is 0.729. The van der Waals surface area contributed by atoms with Gasteiger partial charge >= 0.3 is 0 Å². The van der Waals surface area contributed by atoms with Crippen molar-refractivity contribution in [2.24, 2.45) is 5.92 Å². The summed E-state index contributed by atoms with van der Waals surface area (Å²) in [6.45, 7) is 0. The Bertz CT molecular complexity index is 545. The van der Waals surface area contributed by atoms with Crippen molar-refractivity contribution in [1.82, 2.24) is 5.32 Å². The Hall–Kier alpha value is -0.840. The molecule has 0 radical (unpaired) electrons. The maximum atomic E-state index is 11.9. The zero-order chi connectivity index (χ0) is 15.9. The summed E-state index contributed by atoms with van der Waals surface area (Å²) in [5.74, 6) is 0.629. The first kappa shape index (κ1) is 17.5. The minimum absolute atomic E-state index is 0.0544. The van der Waals surface area contributed by atoms with E-state index in [-0.39, 0.29) is 11.0 Å². The van der Waals surface area contributed by atoms with E-state index in [1.165, 1.54) is 32.1 Å². The number of carbonyl (C=O) groups excluding carboxylic acids is 1. The van der Waals surface area contributed by atoms with Gasteiger partial charge in [-0.3, -0.25) is 4.79 Å². The number of nitrogens with one attached hydrogen (secondary N) is 2. The van der Waals surface area contributed by atoms with E-state index in [1.54, 1.807) is 18.2 Å². The highest BCUT2D eigenvalue weighted by molar-refractivity contribution is 7.80. The molecule has 1 saturated carbocycles. The molecule has 1 aromatic rings. The standard InChI is InChI=1S/C16H20Cl2N2OS/c17-12-7-4-8-13(15(12)18)19-16(22)20-14(21)10-9-11-5-2-1-3-6-11/h4,7-8,11H,1-3,5-6,9-10H2,(H2,19,20,21,22). The zero-order valence-electron chi connectivity index (χ0n) is 12.3. The second-order valence-electron chi connectivity index (χ2n) is 5.65. The fraction of sp³-hybridized carbons (Fsp3) is 0.500. The third-order valence-corrected chi connectivity index (χ3v) is 4.98. The molecule has 0 bridgehead atoms. The number of amides is 1. The molecule has 120 valence electrons. The molecule has 0 heterocycles. The van der Waals surface area contributed by atoms with Crippen LogP contribution in [0.5, 0.6) is 0 Å². The molecule has 2 rings (SSSR count). The molecule has 0 unspecified atom stereocenters. The second kappa shape index (κ2) is 8.70. The van der Waals surface area contributed by atoms with Crippen LogP contribution in [0.15, 0.2) is 18.2 Å². The number of benzene rings is 1. The van der Waals surface area contributed by atoms with E-state index in [4.69, 9.17) is 35.4 Å². The van der Waals surface area contributed by atoms with E-state index < -0.39 is 0 Å². The van der Waals surface area contributed by atoms with Crippen molar-refractivity contribution < 1.29 is 4.79 Å². The topological polar surface area (TPSA) is 41.1 Å². The zero-order valence-corrected chi connectivity index (χ0v) is 14.7. The molecule has 0 aromatic heterocycles. The van der Waals surface area contributed by atoms with Gasteiger partial charge in [0.25, 0.3) is 0 Å². The van der Waals surface area contributed by atoms with Crippen molar-refractivity contribution in [3.8, 4) is 0 Å². The monoisotopic (exact) mass is 358 g/mol. The van der Waals surface area contributed by atoms with Crippen LogP contribution in [-0.4, -0.2) is 11.0 Å². The van der Waals surface area contributed by atoms with Gasteiger partial charge in [0.15, 0.2) is 5.11 Å². The average Bonchev–Trinajstić information content (AvgIpc) is 2.51. The molecule has 1 aromatic carbocycles. The van der Waals surface area contributed by atoms with Crippen LogP contribution in [0.3, 0.4) is 0 Å². The van der Waals surface area contributed by atoms with Crippen LogP contribution < -0.4 is 10.6 Å². The van der Waals surface area contributed by atoms with Gasteiger partial charge in [-0.05, 0) is 36.7 Å². The number of halogens is 2. The van der Waals surface area contributed by atoms with E-state index in [0.717, 1.165) is 6.42 Å². The maximum absolute atomic E-state index is 11.9. The molecule has 0 aliphatic heterocycles. The highest BCUT2D eigenvalue weighted by Gasteiger charge is 2.15. The molecular weight excluding hydrogens is 339 g/mol. The third kappa shape index (κ3) is 5.41. The molecule has 0 saturated heterocycles. The maximum Gasteiger partial charge on any atom is 0.226 e. The van der Waals surface area contributed by atoms with Crippen molar-refractivity contribution in [3.05, 3.63) is 28.2 Å². The number of hydrogen-bond acceptors (Lipinski definition) is 2. The first-order chi connectivity index (χ1) is 10.6. The molecule has 1 fully saturated rings. The van der Waals surface area contributed by atoms with Gasteiger partial charge in [-0.15, -0.1) is 0 Å². The highest BCUT2D eigenvalue weighted by Crippen LogP contribution is 2.29. The number of rotatable bonds is 4. The Morgan fingerprint density at radius 1 is 1.23 bits per heavy atom. The average molecular weight is 359 g/mol. The Balaban J connectivity index is 1.76. The molecule has 3 nitrogen and oxygen atoms in total. The molecule has 1 aliphatic rings. The minimum Gasteiger partial charge on any atom is -0.331 e. The van der Waals surface area contributed by atoms with Gasteiger partial charge in [-0.2, -0.15) is 0 Å². The Kier molecular flexibility index (Phi) is 6.93. The van der Waals surface area contributed by atoms with Crippen LogP contribution in [0.25, 0.3) is 0 Å². The molecule has 0 spiro atoms. The number of hydrogen-bond donors (Lipinski definition) is 2. The summed E-state index contributed by atoms with van der Waals surface area (Å²) in [5.41, 5.74) is 0.590. The van der Waals surface area contributed by atoms with Gasteiger partial charge in [0.1, 0.15) is 0 Å². The number of carbonyl (C=O) groups is 1. The van der Waals surface area contributed by atoms with Crippen molar-refractivity contribution >= 4 is 52.1 Å². The molecule has 22 heavy (non-hydrogen) atoms. The molecule has 1 amide bonds. The van der Waals surface area contributed by atoms with Crippen LogP contribution >= 0.6 is 35.4 Å². The van der Waals surface area contributed by atoms with E-state index in [0.29, 0.717) is 28.1 Å². The van der Waals surface area contributed by atoms with E-state index in [9.17, 15) is 4.79 Å². The van der Waals surface area contributed by atoms with Crippen LogP contribution in [0.4, 0.5) is 5.69 Å². The fourth-order valence-corrected chi connectivity index (χ4v) is 3.33. The molecule has 1 aliphatic carbocycles. The summed E-state index contributed by atoms with van der Waals surface area (Å²) in [7, 11) is 0. The van der Waals surface area contributed by atoms with Gasteiger partial charge in [0.05, 0.1) is 15.7 Å². The predicted octanol–water partition coefficient (Wildman–Crippen LogP) is 5.17. The van der Waals surface area contributed by atoms with Gasteiger partial charge in [0, 0.05) is 6.42 Å². The van der Waals surface area contributed by atoms with Gasteiger partial charge < -0.3 is 10.6 Å². The lowest BCUT2D eigenvalue weighted by Crippen LogP contribution is -2.34. The SMILES string of the molecule is O=C(CCC1CCCCC1)NC(=S)Nc1cccc(Cl)c1Cl. The number of thiocarbonyl (C=S) groups is 1. The lowest BCUT2D eigenvalue weighted by Gasteiger charge is -2.21. The Morgan fingerprint density at radius 3 is 2.68 bits per heavy atom. The van der Waals surface area contributed by atoms with Crippen LogP contribution in [0, 0.1) is 5.92 Å². The molecule has 2 N–H and O–H groups in total. The minimum atomic E-state index is -0.0544. The smallest absolute Gasteiger partial charge is 0.226 e. The summed E-state index contributed by atoms with van der Waals surface area (Å²) < 4.78 is 0. The Morgan fingerprint density at radius 2 is 1.95 bits per heavy atom. The normalized spacial score (nSPS) is 15.4. The highest BCUT2D eigenvalue weighted by atomic mass is 35.5. The van der Waals surface area contributed by atoms with Gasteiger partial charge in [-0.1, -0.05) is 61.4 Å². The van der Waals surface area contributed by atoms with Crippen molar-refractivity contribution in [2.45, 2.75) is 44.9 Å². The first-order valence-corrected chi connectivity index (χ1v) is 8.77. The first-order valence-electron chi connectivity index (χ1n) is 7.61. The summed E-state index contributed by atoms with van der Waals surface area (Å²) in [5, 5.41) is 6.68. The van der Waals surface area contributed by atoms with Gasteiger partial charge in [-0.25, -0.2) is 0 Å². The van der Waals surface area contributed by atoms with E-state index >= 15 is 0 Å². The van der Waals surface area contributed by atoms with Crippen LogP contribution in [0.2, 0.25) is 10.0 Å². The van der Waals surface area contributed by atoms with Crippen molar-refractivity contribution in [2.75, 3.05) is 5.32 Å². The molecule has 0 atom stereocenters. The summed E-state index contributed by atoms with van der Waals surface area (Å²) in [4.78, 5) is 11.9. The van der Waals surface area contributed by atoms with Gasteiger partial charge in [0.2, 0.25) is 5.91 Å². The van der Waals surface area contributed by atoms with Crippen LogP contribution in [-0.2, 0) is 4.79 Å². The largest absolute Gasteiger partial charge is 0.331 e. The van der Waals surface area contributed by atoms with Crippen LogP contribution in [0.1, 0.15) is 44.9 Å². The molecular formula is C16H20Cl2N2OS. The second-order valence-corrected chi connectivity index (χ2v) is 6.84. The molecule has 6 heteroatoms. The van der Waals surface area contributed by atoms with E-state index in [2.05, 4.69) is 10.6 Å². The summed E-state index contributed by atoms with van der Waals surface area (Å²) in [6.07, 6.45) is 7.85. The summed E-state index contributed by atoms with van der Waals surface area (Å²) >= 11 is 17.1. The third-order valence-electron chi connectivity index (χ3n) is 3.96. The van der Waals surface area contributed by atoms with Crippen molar-refractivity contribution in [3.63, 3.8) is 0 Å². The fourth-order valence-electron chi connectivity index (χ4n) is 2.75.